The Bertz CT molecular complexity index is 147. The second kappa shape index (κ2) is 30.4. The average Bonchev–Trinajstić information content (AvgIpc) is 2.66. The van der Waals surface area contributed by atoms with Gasteiger partial charge in [-0.25, -0.2) is 0 Å². The molecule has 8 heteroatoms. The fraction of sp³-hybridized carbons (Fsp3) is 1.00. The predicted molar refractivity (Wildman–Crippen MR) is 91.7 cm³/mol. The van der Waals surface area contributed by atoms with Gasteiger partial charge >= 0.3 is 204 Å². The molecule has 0 heterocycles. The van der Waals surface area contributed by atoms with Crippen molar-refractivity contribution in [1.82, 2.24) is 13.5 Å². The van der Waals surface area contributed by atoms with Crippen LogP contribution in [0.25, 0.3) is 0 Å². The molecule has 0 aliphatic heterocycles. The minimum atomic E-state index is 1.16. The molecule has 0 rings (SSSR count). The third-order valence-electron chi connectivity index (χ3n) is 3.05. The van der Waals surface area contributed by atoms with Crippen LogP contribution in [0.5, 0.6) is 0 Å². The van der Waals surface area contributed by atoms with E-state index in [1.165, 1.54) is 0 Å². The Labute approximate surface area is 202 Å². The normalized spacial score (nSPS) is 9.67. The molecule has 0 aromatic rings. The van der Waals surface area contributed by atoms with Gasteiger partial charge in [-0.15, -0.1) is 0 Å². The van der Waals surface area contributed by atoms with E-state index in [2.05, 4.69) is 152 Å². The van der Waals surface area contributed by atoms with E-state index in [0.717, 1.165) is 52.4 Å². The van der Waals surface area contributed by atoms with Crippen LogP contribution in [0.3, 0.4) is 0 Å². The molecule has 0 amide bonds. The molecule has 0 spiro atoms. The van der Waals surface area contributed by atoms with Gasteiger partial charge < -0.3 is 0 Å². The topological polar surface area (TPSA) is 13.0 Å². The first-order chi connectivity index (χ1) is 11.2. The van der Waals surface area contributed by atoms with Crippen LogP contribution in [0, 0.1) is 0 Å². The van der Waals surface area contributed by atoms with Crippen molar-refractivity contribution in [2.24, 2.45) is 0 Å². The Morgan fingerprint density at radius 1 is 0.333 bits per heavy atom. The molecule has 140 valence electrons. The van der Waals surface area contributed by atoms with Gasteiger partial charge in [0.15, 0.2) is 0 Å². The third kappa shape index (κ3) is 39.7. The van der Waals surface area contributed by atoms with Gasteiger partial charge in [-0.2, -0.15) is 0 Å². The van der Waals surface area contributed by atoms with E-state index in [4.69, 9.17) is 0 Å². The molecule has 0 saturated carbocycles. The van der Waals surface area contributed by atoms with Crippen molar-refractivity contribution >= 4 is 0 Å². The summed E-state index contributed by atoms with van der Waals surface area (Å²) in [6.45, 7) is 26.6. The van der Waals surface area contributed by atoms with Gasteiger partial charge in [0.2, 0.25) is 0 Å². The van der Waals surface area contributed by atoms with Gasteiger partial charge in [-0.1, -0.05) is 0 Å². The van der Waals surface area contributed by atoms with Gasteiger partial charge in [0.25, 0.3) is 0 Å². The molecule has 24 heavy (non-hydrogen) atoms. The van der Waals surface area contributed by atoms with Gasteiger partial charge in [-0.05, 0) is 0 Å². The van der Waals surface area contributed by atoms with Crippen molar-refractivity contribution in [2.75, 3.05) is 52.4 Å². The standard InChI is InChI=1S/4C4H10N.4Ti/c4*1-3-5-4-2;;;;/h4*3-4H2,1-2H3;;;;/q4*-1;4*+1. The molecule has 0 aliphatic carbocycles. The van der Waals surface area contributed by atoms with E-state index in [1.54, 1.807) is 0 Å². The Hall–Kier alpha value is 2.70. The monoisotopic (exact) mass is 480 g/mol. The Morgan fingerprint density at radius 3 is 0.417 bits per heavy atom. The summed E-state index contributed by atoms with van der Waals surface area (Å²) in [4.78, 5) is 0. The van der Waals surface area contributed by atoms with Crippen molar-refractivity contribution in [2.45, 2.75) is 55.4 Å². The number of hydrogen-bond acceptors (Lipinski definition) is 4. The predicted octanol–water partition coefficient (Wildman–Crippen LogP) is 3.16. The third-order valence-corrected chi connectivity index (χ3v) is 7.00. The van der Waals surface area contributed by atoms with Crippen molar-refractivity contribution in [3.63, 3.8) is 0 Å². The fourth-order valence-corrected chi connectivity index (χ4v) is 0.894. The SMILES string of the molecule is CC[N]([Ti])CC.CC[N]([Ti])CC.CC[N]([Ti])CC.CC[N]([Ti])CC. The summed E-state index contributed by atoms with van der Waals surface area (Å²) in [7, 11) is 0. The zero-order chi connectivity index (χ0) is 20.0. The molecule has 0 fully saturated rings. The molecule has 0 aromatic carbocycles. The summed E-state index contributed by atoms with van der Waals surface area (Å²) in [6.07, 6.45) is 0. The summed E-state index contributed by atoms with van der Waals surface area (Å²) in [5.41, 5.74) is 0. The minimum absolute atomic E-state index is 1.16. The molecule has 4 nitrogen and oxygen atoms in total. The van der Waals surface area contributed by atoms with Gasteiger partial charge in [0.05, 0.1) is 0 Å². The van der Waals surface area contributed by atoms with Crippen molar-refractivity contribution in [3.8, 4) is 0 Å². The number of nitrogens with zero attached hydrogens (tertiary/aromatic N) is 4. The molecular weight excluding hydrogens is 440 g/mol. The number of hydrogen-bond donors (Lipinski definition) is 0. The van der Waals surface area contributed by atoms with E-state index < -0.39 is 0 Å². The first-order valence-corrected chi connectivity index (χ1v) is 11.9. The molecule has 0 N–H and O–H groups in total. The molecule has 0 aromatic heterocycles. The molecule has 0 unspecified atom stereocenters. The Kier molecular flexibility index (Phi) is 43.4. The van der Waals surface area contributed by atoms with E-state index >= 15 is 0 Å². The van der Waals surface area contributed by atoms with Gasteiger partial charge in [0.1, 0.15) is 0 Å². The van der Waals surface area contributed by atoms with Crippen LogP contribution in [0.2, 0.25) is 0 Å². The van der Waals surface area contributed by atoms with Crippen LogP contribution in [0.15, 0.2) is 0 Å². The van der Waals surface area contributed by atoms with Crippen LogP contribution >= 0.6 is 0 Å². The maximum absolute atomic E-state index is 2.25. The van der Waals surface area contributed by atoms with E-state index in [1.807, 2.05) is 0 Å². The molecule has 0 radical (unpaired) electrons. The van der Waals surface area contributed by atoms with Crippen LogP contribution in [-0.2, 0) is 82.8 Å². The molecule has 0 aliphatic rings. The first kappa shape index (κ1) is 34.2. The van der Waals surface area contributed by atoms with Crippen LogP contribution in [-0.4, -0.2) is 65.9 Å². The van der Waals surface area contributed by atoms with E-state index in [9.17, 15) is 0 Å². The average molecular weight is 480 g/mol. The maximum atomic E-state index is 2.25. The molecular formula is C16H40N4Ti4. The fourth-order valence-electron chi connectivity index (χ4n) is 0.894. The van der Waals surface area contributed by atoms with Crippen LogP contribution in [0.1, 0.15) is 55.4 Å². The molecule has 0 bridgehead atoms. The zero-order valence-corrected chi connectivity index (χ0v) is 23.7. The first-order valence-electron chi connectivity index (χ1n) is 9.08. The van der Waals surface area contributed by atoms with Crippen LogP contribution in [0.4, 0.5) is 0 Å². The molecule has 0 saturated heterocycles. The molecule has 0 atom stereocenters. The van der Waals surface area contributed by atoms with Crippen LogP contribution < -0.4 is 0 Å². The summed E-state index contributed by atoms with van der Waals surface area (Å²) in [5.74, 6) is 0. The zero-order valence-electron chi connectivity index (χ0n) is 17.4. The Morgan fingerprint density at radius 2 is 0.417 bits per heavy atom. The van der Waals surface area contributed by atoms with Crippen molar-refractivity contribution in [1.29, 1.82) is 0 Å². The second-order valence-electron chi connectivity index (χ2n) is 4.69. The summed E-state index contributed by atoms with van der Waals surface area (Å²) < 4.78 is 9.00. The van der Waals surface area contributed by atoms with E-state index in [-0.39, 0.29) is 0 Å². The Balaban J connectivity index is -0.000000111. The quantitative estimate of drug-likeness (QED) is 0.496. The number of rotatable bonds is 8. The summed E-state index contributed by atoms with van der Waals surface area (Å²) in [6, 6.07) is 0. The van der Waals surface area contributed by atoms with Gasteiger partial charge in [-0.3, -0.25) is 0 Å². The van der Waals surface area contributed by atoms with Crippen molar-refractivity contribution < 1.29 is 82.8 Å². The van der Waals surface area contributed by atoms with Crippen molar-refractivity contribution in [3.05, 3.63) is 0 Å². The van der Waals surface area contributed by atoms with E-state index in [0.29, 0.717) is 0 Å². The second-order valence-corrected chi connectivity index (χ2v) is 8.64. The summed E-state index contributed by atoms with van der Waals surface area (Å²) >= 11 is 8.44. The van der Waals surface area contributed by atoms with Gasteiger partial charge in [0, 0.05) is 0 Å². The summed E-state index contributed by atoms with van der Waals surface area (Å²) in [5, 5.41) is 0.